The van der Waals surface area contributed by atoms with Crippen molar-refractivity contribution < 1.29 is 22.8 Å². The SMILES string of the molecule is CN(O)C(=O)c1cc2c(NS(=O)(=O)c3ccccc3)cn(Cc3ccc(F)cc3)c2cn1. The maximum absolute atomic E-state index is 13.3. The minimum Gasteiger partial charge on any atom is -0.340 e. The summed E-state index contributed by atoms with van der Waals surface area (Å²) in [6, 6.07) is 15.2. The molecule has 0 aliphatic carbocycles. The van der Waals surface area contributed by atoms with Gasteiger partial charge in [-0.15, -0.1) is 0 Å². The number of hydroxylamine groups is 2. The lowest BCUT2D eigenvalue weighted by molar-refractivity contribution is -0.0379. The maximum Gasteiger partial charge on any atom is 0.295 e. The van der Waals surface area contributed by atoms with Crippen LogP contribution in [0, 0.1) is 5.82 Å². The number of carbonyl (C=O) groups excluding carboxylic acids is 1. The summed E-state index contributed by atoms with van der Waals surface area (Å²) in [6.45, 7) is 0.318. The van der Waals surface area contributed by atoms with E-state index in [2.05, 4.69) is 9.71 Å². The monoisotopic (exact) mass is 454 g/mol. The highest BCUT2D eigenvalue weighted by molar-refractivity contribution is 7.92. The van der Waals surface area contributed by atoms with Gasteiger partial charge >= 0.3 is 0 Å². The average molecular weight is 454 g/mol. The summed E-state index contributed by atoms with van der Waals surface area (Å²) in [5, 5.41) is 10.3. The van der Waals surface area contributed by atoms with E-state index < -0.39 is 15.9 Å². The van der Waals surface area contributed by atoms with Gasteiger partial charge in [-0.05, 0) is 35.9 Å². The molecule has 32 heavy (non-hydrogen) atoms. The molecule has 4 rings (SSSR count). The van der Waals surface area contributed by atoms with Crippen LogP contribution in [0.4, 0.5) is 10.1 Å². The molecule has 2 aromatic carbocycles. The Bertz CT molecular complexity index is 1380. The molecule has 0 fully saturated rings. The first-order valence-electron chi connectivity index (χ1n) is 9.53. The number of nitrogens with zero attached hydrogens (tertiary/aromatic N) is 3. The number of fused-ring (bicyclic) bond motifs is 1. The molecule has 1 amide bonds. The number of pyridine rings is 1. The summed E-state index contributed by atoms with van der Waals surface area (Å²) in [5.41, 5.74) is 1.53. The molecule has 4 aromatic rings. The van der Waals surface area contributed by atoms with Crippen LogP contribution >= 0.6 is 0 Å². The third-order valence-corrected chi connectivity index (χ3v) is 6.23. The fourth-order valence-electron chi connectivity index (χ4n) is 3.27. The summed E-state index contributed by atoms with van der Waals surface area (Å²) in [7, 11) is -2.72. The highest BCUT2D eigenvalue weighted by Gasteiger charge is 2.20. The van der Waals surface area contributed by atoms with Gasteiger partial charge in [0.15, 0.2) is 0 Å². The third-order valence-electron chi connectivity index (χ3n) is 4.84. The molecule has 0 saturated carbocycles. The molecule has 2 heterocycles. The summed E-state index contributed by atoms with van der Waals surface area (Å²) in [4.78, 5) is 16.4. The van der Waals surface area contributed by atoms with E-state index >= 15 is 0 Å². The van der Waals surface area contributed by atoms with Gasteiger partial charge in [0, 0.05) is 25.2 Å². The fraction of sp³-hybridized carbons (Fsp3) is 0.0909. The van der Waals surface area contributed by atoms with Crippen molar-refractivity contribution >= 4 is 32.5 Å². The quantitative estimate of drug-likeness (QED) is 0.343. The maximum atomic E-state index is 13.3. The first-order chi connectivity index (χ1) is 15.2. The Morgan fingerprint density at radius 2 is 1.84 bits per heavy atom. The molecular weight excluding hydrogens is 435 g/mol. The molecule has 164 valence electrons. The molecule has 0 atom stereocenters. The number of carbonyl (C=O) groups is 1. The summed E-state index contributed by atoms with van der Waals surface area (Å²) < 4.78 is 43.3. The minimum atomic E-state index is -3.90. The lowest BCUT2D eigenvalue weighted by Gasteiger charge is -2.09. The Hall–Kier alpha value is -3.76. The molecule has 0 bridgehead atoms. The van der Waals surface area contributed by atoms with E-state index in [1.807, 2.05) is 0 Å². The van der Waals surface area contributed by atoms with Crippen molar-refractivity contribution in [3.05, 3.63) is 90.1 Å². The summed E-state index contributed by atoms with van der Waals surface area (Å²) in [5.74, 6) is -1.10. The van der Waals surface area contributed by atoms with E-state index in [9.17, 15) is 22.8 Å². The number of benzene rings is 2. The molecule has 2 aromatic heterocycles. The highest BCUT2D eigenvalue weighted by atomic mass is 32.2. The van der Waals surface area contributed by atoms with Crippen molar-refractivity contribution in [2.45, 2.75) is 11.4 Å². The van der Waals surface area contributed by atoms with Gasteiger partial charge in [-0.1, -0.05) is 30.3 Å². The summed E-state index contributed by atoms with van der Waals surface area (Å²) in [6.07, 6.45) is 3.02. The van der Waals surface area contributed by atoms with Crippen molar-refractivity contribution in [2.24, 2.45) is 0 Å². The molecule has 0 aliphatic rings. The first-order valence-corrected chi connectivity index (χ1v) is 11.0. The van der Waals surface area contributed by atoms with Crippen LogP contribution in [0.25, 0.3) is 10.9 Å². The topological polar surface area (TPSA) is 105 Å². The zero-order chi connectivity index (χ0) is 22.9. The number of nitrogens with one attached hydrogen (secondary N) is 1. The zero-order valence-corrected chi connectivity index (χ0v) is 17.8. The number of amides is 1. The highest BCUT2D eigenvalue weighted by Crippen LogP contribution is 2.29. The van der Waals surface area contributed by atoms with Gasteiger partial charge in [0.05, 0.1) is 22.3 Å². The first kappa shape index (κ1) is 21.5. The molecule has 0 radical (unpaired) electrons. The molecule has 0 saturated heterocycles. The van der Waals surface area contributed by atoms with Crippen LogP contribution in [0.3, 0.4) is 0 Å². The van der Waals surface area contributed by atoms with Crippen molar-refractivity contribution in [3.63, 3.8) is 0 Å². The van der Waals surface area contributed by atoms with Crippen LogP contribution in [0.1, 0.15) is 16.1 Å². The van der Waals surface area contributed by atoms with Gasteiger partial charge in [-0.25, -0.2) is 22.9 Å². The number of anilines is 1. The molecule has 2 N–H and O–H groups in total. The summed E-state index contributed by atoms with van der Waals surface area (Å²) >= 11 is 0. The van der Waals surface area contributed by atoms with Crippen LogP contribution in [0.5, 0.6) is 0 Å². The Balaban J connectivity index is 1.81. The van der Waals surface area contributed by atoms with E-state index in [0.29, 0.717) is 22.5 Å². The van der Waals surface area contributed by atoms with Gasteiger partial charge in [-0.3, -0.25) is 14.7 Å². The van der Waals surface area contributed by atoms with Gasteiger partial charge < -0.3 is 4.57 Å². The van der Waals surface area contributed by atoms with Gasteiger partial charge in [-0.2, -0.15) is 0 Å². The van der Waals surface area contributed by atoms with E-state index in [0.717, 1.165) is 5.56 Å². The fourth-order valence-corrected chi connectivity index (χ4v) is 4.36. The molecule has 8 nitrogen and oxygen atoms in total. The van der Waals surface area contributed by atoms with Crippen molar-refractivity contribution in [3.8, 4) is 0 Å². The zero-order valence-electron chi connectivity index (χ0n) is 16.9. The number of hydrogen-bond acceptors (Lipinski definition) is 5. The number of aromatic nitrogens is 2. The van der Waals surface area contributed by atoms with Gasteiger partial charge in [0.1, 0.15) is 11.5 Å². The molecule has 10 heteroatoms. The van der Waals surface area contributed by atoms with E-state index in [1.54, 1.807) is 41.1 Å². The Morgan fingerprint density at radius 1 is 1.16 bits per heavy atom. The average Bonchev–Trinajstić information content (AvgIpc) is 3.11. The number of sulfonamides is 1. The number of rotatable bonds is 6. The second kappa shape index (κ2) is 8.40. The Labute approximate surface area is 183 Å². The molecule has 0 unspecified atom stereocenters. The van der Waals surface area contributed by atoms with Crippen LogP contribution < -0.4 is 4.72 Å². The van der Waals surface area contributed by atoms with Crippen LogP contribution in [0.15, 0.2) is 78.0 Å². The lowest BCUT2D eigenvalue weighted by atomic mass is 10.2. The van der Waals surface area contributed by atoms with Gasteiger partial charge in [0.25, 0.3) is 15.9 Å². The standard InChI is InChI=1S/C22H19FN4O4S/c1-26(29)22(28)19-11-18-20(25-32(30,31)17-5-3-2-4-6-17)14-27(21(18)12-24-19)13-15-7-9-16(23)10-8-15/h2-12,14,25,29H,13H2,1H3. The molecule has 0 aliphatic heterocycles. The van der Waals surface area contributed by atoms with E-state index in [1.165, 1.54) is 43.6 Å². The van der Waals surface area contributed by atoms with E-state index in [-0.39, 0.29) is 22.1 Å². The third kappa shape index (κ3) is 4.32. The second-order valence-electron chi connectivity index (χ2n) is 7.13. The van der Waals surface area contributed by atoms with Crippen molar-refractivity contribution in [1.82, 2.24) is 14.6 Å². The van der Waals surface area contributed by atoms with Crippen LogP contribution in [-0.4, -0.2) is 41.2 Å². The van der Waals surface area contributed by atoms with Crippen molar-refractivity contribution in [2.75, 3.05) is 11.8 Å². The normalized spacial score (nSPS) is 11.5. The predicted molar refractivity (Wildman–Crippen MR) is 116 cm³/mol. The Kier molecular flexibility index (Phi) is 5.64. The smallest absolute Gasteiger partial charge is 0.295 e. The lowest BCUT2D eigenvalue weighted by Crippen LogP contribution is -2.23. The predicted octanol–water partition coefficient (Wildman–Crippen LogP) is 3.49. The van der Waals surface area contributed by atoms with Crippen LogP contribution in [-0.2, 0) is 16.6 Å². The largest absolute Gasteiger partial charge is 0.340 e. The number of halogens is 1. The molecule has 0 spiro atoms. The van der Waals surface area contributed by atoms with E-state index in [4.69, 9.17) is 0 Å². The van der Waals surface area contributed by atoms with Crippen molar-refractivity contribution in [1.29, 1.82) is 0 Å². The minimum absolute atomic E-state index is 0.0535. The van der Waals surface area contributed by atoms with Crippen LogP contribution in [0.2, 0.25) is 0 Å². The molecular formula is C22H19FN4O4S. The number of hydrogen-bond donors (Lipinski definition) is 2. The van der Waals surface area contributed by atoms with Gasteiger partial charge in [0.2, 0.25) is 0 Å². The Morgan fingerprint density at radius 3 is 2.50 bits per heavy atom. The second-order valence-corrected chi connectivity index (χ2v) is 8.81.